The summed E-state index contributed by atoms with van der Waals surface area (Å²) in [5.41, 5.74) is 0.376. The molecule has 0 spiro atoms. The highest BCUT2D eigenvalue weighted by Gasteiger charge is 2.43. The quantitative estimate of drug-likeness (QED) is 0.315. The average Bonchev–Trinajstić information content (AvgIpc) is 2.50. The van der Waals surface area contributed by atoms with Crippen molar-refractivity contribution < 1.29 is 28.3 Å². The van der Waals surface area contributed by atoms with E-state index in [4.69, 9.17) is 48.6 Å². The number of carbonyl (C=O) groups is 1. The Morgan fingerprint density at radius 2 is 1.56 bits per heavy atom. The molecule has 1 amide bonds. The highest BCUT2D eigenvalue weighted by atomic mass is 35.6. The Hall–Kier alpha value is -0.530. The Kier molecular flexibility index (Phi) is 9.35. The third-order valence-electron chi connectivity index (χ3n) is 2.87. The van der Waals surface area contributed by atoms with Crippen LogP contribution >= 0.6 is 42.4 Å². The third-order valence-corrected chi connectivity index (χ3v) is 5.90. The lowest BCUT2D eigenvalue weighted by molar-refractivity contribution is 0.0640. The van der Waals surface area contributed by atoms with Gasteiger partial charge in [-0.15, -0.1) is 0 Å². The first kappa shape index (κ1) is 24.5. The van der Waals surface area contributed by atoms with E-state index in [1.807, 2.05) is 5.32 Å². The van der Waals surface area contributed by atoms with Gasteiger partial charge < -0.3 is 18.9 Å². The van der Waals surface area contributed by atoms with E-state index in [0.29, 0.717) is 5.56 Å². The lowest BCUT2D eigenvalue weighted by atomic mass is 10.2. The number of hydrogen-bond acceptors (Lipinski definition) is 6. The van der Waals surface area contributed by atoms with E-state index in [-0.39, 0.29) is 0 Å². The molecule has 0 saturated carbocycles. The molecule has 1 rings (SSSR count). The molecule has 7 nitrogen and oxygen atoms in total. The van der Waals surface area contributed by atoms with Gasteiger partial charge in [0.15, 0.2) is 6.23 Å². The highest BCUT2D eigenvalue weighted by Crippen LogP contribution is 2.63. The van der Waals surface area contributed by atoms with E-state index in [1.165, 1.54) is 0 Å². The number of aliphatic hydroxyl groups is 1. The van der Waals surface area contributed by atoms with Gasteiger partial charge in [0.2, 0.25) is 9.64 Å². The number of halogens is 3. The van der Waals surface area contributed by atoms with Crippen LogP contribution in [0.2, 0.25) is 0 Å². The smallest absolute Gasteiger partial charge is 0.410 e. The van der Waals surface area contributed by atoms with E-state index in [2.05, 4.69) is 0 Å². The Labute approximate surface area is 173 Å². The van der Waals surface area contributed by atoms with Crippen LogP contribution in [0.25, 0.3) is 0 Å². The number of alkyl halides is 3. The van der Waals surface area contributed by atoms with Crippen molar-refractivity contribution in [3.05, 3.63) is 35.9 Å². The van der Waals surface area contributed by atoms with Gasteiger partial charge in [0, 0.05) is 5.56 Å². The summed E-state index contributed by atoms with van der Waals surface area (Å²) in [5, 5.41) is 11.7. The molecule has 0 saturated heterocycles. The molecule has 2 N–H and O–H groups in total. The zero-order valence-electron chi connectivity index (χ0n) is 15.3. The second-order valence-electron chi connectivity index (χ2n) is 6.11. The molecular weight excluding hydrogens is 440 g/mol. The number of rotatable bonds is 8. The predicted octanol–water partition coefficient (Wildman–Crippen LogP) is 5.14. The second kappa shape index (κ2) is 10.3. The molecule has 1 aromatic carbocycles. The number of ether oxygens (including phenoxy) is 1. The average molecular weight is 463 g/mol. The fourth-order valence-corrected chi connectivity index (χ4v) is 4.36. The lowest BCUT2D eigenvalue weighted by Gasteiger charge is -2.30. The summed E-state index contributed by atoms with van der Waals surface area (Å²) in [6.07, 6.45) is -3.95. The molecule has 0 radical (unpaired) electrons. The Balaban J connectivity index is 3.19. The summed E-state index contributed by atoms with van der Waals surface area (Å²) in [6.45, 7) is 6.69. The largest absolute Gasteiger partial charge is 0.428 e. The standard InChI is InChI=1S/C16H23Cl3NO6P/c1-10(2)25-27(23,26-11(3)4)13(12-8-6-5-7-9-12)24-15(22)20-14(21)16(17,18)19/h5-11,13-14,21H,1-4H3,(H,20,22)/t13-,14-/m0/s1. The predicted molar refractivity (Wildman–Crippen MR) is 105 cm³/mol. The number of nitrogens with one attached hydrogen (secondary N) is 1. The first-order chi connectivity index (χ1) is 12.3. The summed E-state index contributed by atoms with van der Waals surface area (Å²) in [4.78, 5) is 12.2. The van der Waals surface area contributed by atoms with Crippen LogP contribution in [0.15, 0.2) is 30.3 Å². The topological polar surface area (TPSA) is 94.1 Å². The molecular formula is C16H23Cl3NO6P. The summed E-state index contributed by atoms with van der Waals surface area (Å²) in [5.74, 6) is -1.40. The van der Waals surface area contributed by atoms with Gasteiger partial charge in [-0.05, 0) is 27.7 Å². The molecule has 0 aliphatic carbocycles. The van der Waals surface area contributed by atoms with Crippen molar-refractivity contribution in [1.29, 1.82) is 0 Å². The van der Waals surface area contributed by atoms with E-state index < -0.39 is 41.8 Å². The third kappa shape index (κ3) is 8.16. The molecule has 0 unspecified atom stereocenters. The molecule has 0 aromatic heterocycles. The highest BCUT2D eigenvalue weighted by molar-refractivity contribution is 7.54. The summed E-state index contributed by atoms with van der Waals surface area (Å²) >= 11 is 16.5. The monoisotopic (exact) mass is 461 g/mol. The zero-order valence-corrected chi connectivity index (χ0v) is 18.4. The van der Waals surface area contributed by atoms with E-state index in [9.17, 15) is 14.5 Å². The maximum absolute atomic E-state index is 13.5. The van der Waals surface area contributed by atoms with Gasteiger partial charge in [-0.3, -0.25) is 9.88 Å². The van der Waals surface area contributed by atoms with Crippen LogP contribution < -0.4 is 5.32 Å². The second-order valence-corrected chi connectivity index (χ2v) is 10.4. The molecule has 2 atom stereocenters. The van der Waals surface area contributed by atoms with Crippen molar-refractivity contribution in [3.63, 3.8) is 0 Å². The molecule has 0 heterocycles. The SMILES string of the molecule is CC(C)OP(=O)(OC(C)C)[C@H](OC(=O)N[C@@H](O)C(Cl)(Cl)Cl)c1ccccc1. The number of hydrogen-bond donors (Lipinski definition) is 2. The van der Waals surface area contributed by atoms with Gasteiger partial charge >= 0.3 is 13.7 Å². The number of benzene rings is 1. The maximum Gasteiger partial charge on any atom is 0.410 e. The molecule has 11 heteroatoms. The number of alkyl carbamates (subject to hydrolysis) is 1. The van der Waals surface area contributed by atoms with Gasteiger partial charge in [0.1, 0.15) is 0 Å². The first-order valence-electron chi connectivity index (χ1n) is 8.08. The Bertz CT molecular complexity index is 639. The lowest BCUT2D eigenvalue weighted by Crippen LogP contribution is -2.44. The zero-order chi connectivity index (χ0) is 20.8. The molecule has 0 fully saturated rings. The van der Waals surface area contributed by atoms with E-state index in [0.717, 1.165) is 0 Å². The Morgan fingerprint density at radius 3 is 1.96 bits per heavy atom. The van der Waals surface area contributed by atoms with Gasteiger partial charge in [0.25, 0.3) is 0 Å². The van der Waals surface area contributed by atoms with Crippen LogP contribution in [0.4, 0.5) is 4.79 Å². The number of aliphatic hydroxyl groups excluding tert-OH is 1. The first-order valence-corrected chi connectivity index (χ1v) is 10.8. The summed E-state index contributed by atoms with van der Waals surface area (Å²) < 4.78 is 27.6. The summed E-state index contributed by atoms with van der Waals surface area (Å²) in [6, 6.07) is 8.29. The van der Waals surface area contributed by atoms with Crippen molar-refractivity contribution in [1.82, 2.24) is 5.32 Å². The molecule has 0 aliphatic heterocycles. The minimum Gasteiger partial charge on any atom is -0.428 e. The number of carbonyl (C=O) groups excluding carboxylic acids is 1. The van der Waals surface area contributed by atoms with E-state index >= 15 is 0 Å². The molecule has 154 valence electrons. The van der Waals surface area contributed by atoms with Crippen LogP contribution in [0, 0.1) is 0 Å². The van der Waals surface area contributed by atoms with Crippen LogP contribution in [0.3, 0.4) is 0 Å². The van der Waals surface area contributed by atoms with Crippen LogP contribution in [0.5, 0.6) is 0 Å². The van der Waals surface area contributed by atoms with Crippen molar-refractivity contribution >= 4 is 48.5 Å². The minimum absolute atomic E-state index is 0.376. The Morgan fingerprint density at radius 1 is 1.07 bits per heavy atom. The van der Waals surface area contributed by atoms with Gasteiger partial charge in [-0.2, -0.15) is 0 Å². The van der Waals surface area contributed by atoms with Crippen molar-refractivity contribution in [2.75, 3.05) is 0 Å². The van der Waals surface area contributed by atoms with Crippen LogP contribution in [-0.2, 0) is 18.3 Å². The van der Waals surface area contributed by atoms with E-state index in [1.54, 1.807) is 58.0 Å². The normalized spacial score (nSPS) is 14.9. The van der Waals surface area contributed by atoms with Crippen molar-refractivity contribution in [3.8, 4) is 0 Å². The molecule has 0 bridgehead atoms. The molecule has 0 aliphatic rings. The van der Waals surface area contributed by atoms with Gasteiger partial charge in [0.05, 0.1) is 12.2 Å². The van der Waals surface area contributed by atoms with Crippen LogP contribution in [-0.4, -0.2) is 33.4 Å². The van der Waals surface area contributed by atoms with Gasteiger partial charge in [-0.25, -0.2) is 4.79 Å². The fourth-order valence-electron chi connectivity index (χ4n) is 1.98. The fraction of sp³-hybridized carbons (Fsp3) is 0.562. The minimum atomic E-state index is -3.97. The van der Waals surface area contributed by atoms with Gasteiger partial charge in [-0.1, -0.05) is 65.1 Å². The maximum atomic E-state index is 13.5. The number of amides is 1. The molecule has 27 heavy (non-hydrogen) atoms. The summed E-state index contributed by atoms with van der Waals surface area (Å²) in [7, 11) is -3.97. The van der Waals surface area contributed by atoms with Crippen molar-refractivity contribution in [2.45, 2.75) is 55.8 Å². The van der Waals surface area contributed by atoms with Crippen LogP contribution in [0.1, 0.15) is 39.1 Å². The molecule has 1 aromatic rings. The van der Waals surface area contributed by atoms with Crippen molar-refractivity contribution in [2.24, 2.45) is 0 Å².